The second-order valence-corrected chi connectivity index (χ2v) is 3.80. The normalized spacial score (nSPS) is 10.1. The summed E-state index contributed by atoms with van der Waals surface area (Å²) >= 11 is 11.7. The Kier molecular flexibility index (Phi) is 2.78. The van der Waals surface area contributed by atoms with Gasteiger partial charge in [0.25, 0.3) is 6.26 Å². The van der Waals surface area contributed by atoms with Gasteiger partial charge >= 0.3 is 0 Å². The van der Waals surface area contributed by atoms with Gasteiger partial charge in [-0.1, -0.05) is 47.5 Å². The maximum absolute atomic E-state index is 9.78. The summed E-state index contributed by atoms with van der Waals surface area (Å²) in [5.74, 6) is 0.0372. The zero-order valence-corrected chi connectivity index (χ0v) is 9.38. The Morgan fingerprint density at radius 3 is 2.38 bits per heavy atom. The van der Waals surface area contributed by atoms with Crippen molar-refractivity contribution < 1.29 is 9.84 Å². The minimum absolute atomic E-state index is 0.0226. The van der Waals surface area contributed by atoms with E-state index in [0.717, 1.165) is 0 Å². The smallest absolute Gasteiger partial charge is 0.292 e. The third-order valence-electron chi connectivity index (χ3n) is 2.17. The van der Waals surface area contributed by atoms with Gasteiger partial charge in [0.1, 0.15) is 15.8 Å². The molecule has 0 amide bonds. The average molecular weight is 254 g/mol. The standard InChI is InChI=1S/C11H5Cl2NO2/c12-8-9(13)11(16-5-14)7-4-2-1-3-6(7)10(8)15/h1-4,15H. The highest BCUT2D eigenvalue weighted by atomic mass is 35.5. The maximum Gasteiger partial charge on any atom is 0.292 e. The zero-order chi connectivity index (χ0) is 11.7. The first kappa shape index (κ1) is 10.9. The number of phenolic OH excluding ortho intramolecular Hbond substituents is 1. The summed E-state index contributed by atoms with van der Waals surface area (Å²) in [4.78, 5) is 0. The Balaban J connectivity index is 2.93. The van der Waals surface area contributed by atoms with E-state index in [0.29, 0.717) is 10.8 Å². The van der Waals surface area contributed by atoms with Crippen molar-refractivity contribution in [1.29, 1.82) is 5.26 Å². The van der Waals surface area contributed by atoms with Gasteiger partial charge in [-0.25, -0.2) is 0 Å². The number of nitrogens with zero attached hydrogens (tertiary/aromatic N) is 1. The molecule has 16 heavy (non-hydrogen) atoms. The molecule has 0 saturated carbocycles. The van der Waals surface area contributed by atoms with E-state index in [1.54, 1.807) is 24.3 Å². The van der Waals surface area contributed by atoms with Gasteiger partial charge in [-0.15, -0.1) is 5.26 Å². The monoisotopic (exact) mass is 253 g/mol. The minimum Gasteiger partial charge on any atom is -0.506 e. The lowest BCUT2D eigenvalue weighted by Gasteiger charge is -2.09. The third-order valence-corrected chi connectivity index (χ3v) is 3.00. The van der Waals surface area contributed by atoms with Gasteiger partial charge < -0.3 is 9.84 Å². The Morgan fingerprint density at radius 1 is 1.12 bits per heavy atom. The molecule has 0 heterocycles. The lowest BCUT2D eigenvalue weighted by atomic mass is 10.1. The molecule has 5 heteroatoms. The van der Waals surface area contributed by atoms with Crippen molar-refractivity contribution in [2.75, 3.05) is 0 Å². The van der Waals surface area contributed by atoms with Crippen molar-refractivity contribution in [3.05, 3.63) is 34.3 Å². The van der Waals surface area contributed by atoms with Crippen molar-refractivity contribution in [3.63, 3.8) is 0 Å². The van der Waals surface area contributed by atoms with E-state index in [-0.39, 0.29) is 21.5 Å². The Bertz CT molecular complexity index is 605. The van der Waals surface area contributed by atoms with Crippen molar-refractivity contribution in [2.24, 2.45) is 0 Å². The van der Waals surface area contributed by atoms with Gasteiger partial charge in [-0.3, -0.25) is 0 Å². The van der Waals surface area contributed by atoms with Crippen molar-refractivity contribution >= 4 is 34.0 Å². The van der Waals surface area contributed by atoms with Crippen LogP contribution in [0.3, 0.4) is 0 Å². The number of rotatable bonds is 1. The summed E-state index contributed by atoms with van der Waals surface area (Å²) in [6.45, 7) is 0. The lowest BCUT2D eigenvalue weighted by Crippen LogP contribution is -1.88. The molecule has 3 nitrogen and oxygen atoms in total. The highest BCUT2D eigenvalue weighted by Crippen LogP contribution is 2.45. The minimum atomic E-state index is -0.118. The Labute approximate surface area is 101 Å². The number of benzene rings is 2. The summed E-state index contributed by atoms with van der Waals surface area (Å²) in [6, 6.07) is 6.83. The average Bonchev–Trinajstić information content (AvgIpc) is 2.32. The molecule has 0 aliphatic carbocycles. The van der Waals surface area contributed by atoms with E-state index in [4.69, 9.17) is 33.2 Å². The molecule has 0 bridgehead atoms. The fraction of sp³-hybridized carbons (Fsp3) is 0. The van der Waals surface area contributed by atoms with E-state index in [9.17, 15) is 5.11 Å². The highest BCUT2D eigenvalue weighted by Gasteiger charge is 2.17. The van der Waals surface area contributed by atoms with Crippen molar-refractivity contribution in [3.8, 4) is 17.8 Å². The Hall–Kier alpha value is -1.63. The number of hydrogen-bond acceptors (Lipinski definition) is 3. The number of halogens is 2. The van der Waals surface area contributed by atoms with E-state index in [1.165, 1.54) is 6.26 Å². The number of phenols is 1. The molecule has 0 aliphatic rings. The van der Waals surface area contributed by atoms with Crippen LogP contribution in [-0.4, -0.2) is 5.11 Å². The van der Waals surface area contributed by atoms with Crippen LogP contribution in [0, 0.1) is 11.5 Å². The van der Waals surface area contributed by atoms with Gasteiger partial charge in [0.05, 0.1) is 0 Å². The van der Waals surface area contributed by atoms with Crippen LogP contribution in [-0.2, 0) is 0 Å². The number of hydrogen-bond donors (Lipinski definition) is 1. The molecule has 80 valence electrons. The first-order valence-corrected chi connectivity index (χ1v) is 5.07. The van der Waals surface area contributed by atoms with Crippen LogP contribution in [0.4, 0.5) is 0 Å². The quantitative estimate of drug-likeness (QED) is 0.789. The maximum atomic E-state index is 9.78. The number of aromatic hydroxyl groups is 1. The molecule has 0 unspecified atom stereocenters. The van der Waals surface area contributed by atoms with Crippen LogP contribution in [0.5, 0.6) is 11.5 Å². The molecule has 0 fully saturated rings. The molecule has 0 saturated heterocycles. The van der Waals surface area contributed by atoms with Crippen LogP contribution in [0.2, 0.25) is 10.0 Å². The molecule has 2 aromatic carbocycles. The van der Waals surface area contributed by atoms with E-state index in [1.807, 2.05) is 0 Å². The highest BCUT2D eigenvalue weighted by molar-refractivity contribution is 6.45. The molecule has 0 radical (unpaired) electrons. The first-order chi connectivity index (χ1) is 7.66. The molecule has 2 aromatic rings. The third kappa shape index (κ3) is 1.53. The molecular weight excluding hydrogens is 249 g/mol. The lowest BCUT2D eigenvalue weighted by molar-refractivity contribution is 0.478. The molecular formula is C11H5Cl2NO2. The summed E-state index contributed by atoms with van der Waals surface area (Å²) < 4.78 is 4.76. The number of fused-ring (bicyclic) bond motifs is 1. The summed E-state index contributed by atoms with van der Waals surface area (Å²) in [5.41, 5.74) is 0. The van der Waals surface area contributed by atoms with Gasteiger partial charge in [-0.2, -0.15) is 0 Å². The number of nitriles is 1. The van der Waals surface area contributed by atoms with Crippen LogP contribution in [0.15, 0.2) is 24.3 Å². The van der Waals surface area contributed by atoms with Crippen molar-refractivity contribution in [1.82, 2.24) is 0 Å². The van der Waals surface area contributed by atoms with E-state index in [2.05, 4.69) is 0 Å². The zero-order valence-electron chi connectivity index (χ0n) is 7.87. The van der Waals surface area contributed by atoms with Crippen LogP contribution in [0.1, 0.15) is 0 Å². The second-order valence-electron chi connectivity index (χ2n) is 3.04. The second kappa shape index (κ2) is 4.09. The predicted molar refractivity (Wildman–Crippen MR) is 61.9 cm³/mol. The number of ether oxygens (including phenoxy) is 1. The molecule has 0 aromatic heterocycles. The van der Waals surface area contributed by atoms with Crippen molar-refractivity contribution in [2.45, 2.75) is 0 Å². The summed E-state index contributed by atoms with van der Waals surface area (Å²) in [7, 11) is 0. The van der Waals surface area contributed by atoms with Gasteiger partial charge in [0.2, 0.25) is 0 Å². The molecule has 0 atom stereocenters. The summed E-state index contributed by atoms with van der Waals surface area (Å²) in [5, 5.41) is 19.3. The van der Waals surface area contributed by atoms with Gasteiger partial charge in [-0.05, 0) is 0 Å². The molecule has 0 aliphatic heterocycles. The van der Waals surface area contributed by atoms with Gasteiger partial charge in [0.15, 0.2) is 5.75 Å². The SMILES string of the molecule is N#COc1c(Cl)c(Cl)c(O)c2ccccc12. The van der Waals surface area contributed by atoms with Crippen LogP contribution >= 0.6 is 23.2 Å². The van der Waals surface area contributed by atoms with Crippen LogP contribution in [0.25, 0.3) is 10.8 Å². The summed E-state index contributed by atoms with van der Waals surface area (Å²) in [6.07, 6.45) is 1.54. The topological polar surface area (TPSA) is 53.2 Å². The van der Waals surface area contributed by atoms with E-state index < -0.39 is 0 Å². The molecule has 2 rings (SSSR count). The van der Waals surface area contributed by atoms with Crippen LogP contribution < -0.4 is 4.74 Å². The fourth-order valence-corrected chi connectivity index (χ4v) is 1.89. The molecule has 0 spiro atoms. The first-order valence-electron chi connectivity index (χ1n) is 4.31. The molecule has 1 N–H and O–H groups in total. The largest absolute Gasteiger partial charge is 0.506 e. The predicted octanol–water partition coefficient (Wildman–Crippen LogP) is 3.71. The fourth-order valence-electron chi connectivity index (χ4n) is 1.47. The van der Waals surface area contributed by atoms with E-state index >= 15 is 0 Å². The van der Waals surface area contributed by atoms with Gasteiger partial charge in [0, 0.05) is 10.8 Å². The Morgan fingerprint density at radius 2 is 1.75 bits per heavy atom.